The van der Waals surface area contributed by atoms with Crippen LogP contribution in [0.2, 0.25) is 0 Å². The maximum absolute atomic E-state index is 11.5. The van der Waals surface area contributed by atoms with Gasteiger partial charge in [-0.15, -0.1) is 0 Å². The van der Waals surface area contributed by atoms with Gasteiger partial charge in [-0.05, 0) is 19.3 Å². The van der Waals surface area contributed by atoms with Gasteiger partial charge in [0.05, 0.1) is 0 Å². The third kappa shape index (κ3) is 5.20. The zero-order valence-electron chi connectivity index (χ0n) is 9.97. The molecule has 86 valence electrons. The Morgan fingerprint density at radius 2 is 1.60 bits per heavy atom. The number of hydrogen-bond acceptors (Lipinski definition) is 2. The Balaban J connectivity index is 4.48. The minimum atomic E-state index is -1.06. The Hall–Kier alpha value is -1.32. The number of amides is 1. The Morgan fingerprint density at radius 3 is 1.93 bits per heavy atom. The fourth-order valence-electron chi connectivity index (χ4n) is 0.809. The van der Waals surface area contributed by atoms with Crippen molar-refractivity contribution in [3.8, 4) is 0 Å². The van der Waals surface area contributed by atoms with Crippen molar-refractivity contribution in [1.29, 1.82) is 0 Å². The van der Waals surface area contributed by atoms with E-state index >= 15 is 0 Å². The molecular weight excluding hydrogens is 194 g/mol. The van der Waals surface area contributed by atoms with Crippen LogP contribution in [0.25, 0.3) is 0 Å². The van der Waals surface area contributed by atoms with Crippen molar-refractivity contribution in [2.75, 3.05) is 6.54 Å². The van der Waals surface area contributed by atoms with Crippen LogP contribution >= 0.6 is 0 Å². The van der Waals surface area contributed by atoms with E-state index in [4.69, 9.17) is 5.11 Å². The van der Waals surface area contributed by atoms with Gasteiger partial charge >= 0.3 is 5.97 Å². The zero-order valence-corrected chi connectivity index (χ0v) is 9.97. The summed E-state index contributed by atoms with van der Waals surface area (Å²) in [6.45, 7) is 9.45. The quantitative estimate of drug-likeness (QED) is 0.699. The fourth-order valence-corrected chi connectivity index (χ4v) is 0.809. The highest BCUT2D eigenvalue weighted by atomic mass is 16.4. The van der Waals surface area contributed by atoms with Gasteiger partial charge in [0.25, 0.3) is 0 Å². The summed E-state index contributed by atoms with van der Waals surface area (Å²) in [5.74, 6) is -1.37. The number of nitrogens with one attached hydrogen (secondary N) is 1. The van der Waals surface area contributed by atoms with Crippen LogP contribution < -0.4 is 5.32 Å². The first-order chi connectivity index (χ1) is 6.65. The van der Waals surface area contributed by atoms with Gasteiger partial charge in [-0.3, -0.25) is 4.79 Å². The van der Waals surface area contributed by atoms with E-state index in [0.717, 1.165) is 0 Å². The summed E-state index contributed by atoms with van der Waals surface area (Å²) in [4.78, 5) is 22.1. The first-order valence-electron chi connectivity index (χ1n) is 4.84. The largest absolute Gasteiger partial charge is 0.478 e. The molecule has 0 rings (SSSR count). The predicted molar refractivity (Wildman–Crippen MR) is 58.5 cm³/mol. The summed E-state index contributed by atoms with van der Waals surface area (Å²) in [5, 5.41) is 11.4. The molecule has 1 amide bonds. The molecule has 0 radical (unpaired) electrons. The van der Waals surface area contributed by atoms with Crippen molar-refractivity contribution in [2.45, 2.75) is 34.6 Å². The smallest absolute Gasteiger partial charge is 0.331 e. The molecule has 0 saturated heterocycles. The number of carbonyl (C=O) groups is 2. The number of rotatable bonds is 3. The number of aliphatic carboxylic acids is 1. The van der Waals surface area contributed by atoms with Crippen LogP contribution in [0.15, 0.2) is 11.1 Å². The number of hydrogen-bond donors (Lipinski definition) is 2. The molecular formula is C11H19NO3. The first-order valence-corrected chi connectivity index (χ1v) is 4.84. The third-order valence-corrected chi connectivity index (χ3v) is 2.00. The number of carbonyl (C=O) groups excluding carboxylic acids is 1. The normalized spacial score (nSPS) is 13.1. The van der Waals surface area contributed by atoms with Crippen LogP contribution in [0.1, 0.15) is 34.6 Å². The highest BCUT2D eigenvalue weighted by molar-refractivity contribution is 6.01. The minimum Gasteiger partial charge on any atom is -0.478 e. The van der Waals surface area contributed by atoms with Gasteiger partial charge in [0.1, 0.15) is 0 Å². The summed E-state index contributed by atoms with van der Waals surface area (Å²) in [7, 11) is 0. The second-order valence-electron chi connectivity index (χ2n) is 4.80. The van der Waals surface area contributed by atoms with Gasteiger partial charge in [-0.1, -0.05) is 20.8 Å². The lowest BCUT2D eigenvalue weighted by Gasteiger charge is -2.19. The Morgan fingerprint density at radius 1 is 1.13 bits per heavy atom. The van der Waals surface area contributed by atoms with E-state index in [9.17, 15) is 9.59 Å². The third-order valence-electron chi connectivity index (χ3n) is 2.00. The van der Waals surface area contributed by atoms with Crippen LogP contribution in [0.3, 0.4) is 0 Å². The maximum atomic E-state index is 11.5. The summed E-state index contributed by atoms with van der Waals surface area (Å²) in [5.41, 5.74) is 0.334. The van der Waals surface area contributed by atoms with Gasteiger partial charge in [0, 0.05) is 17.7 Å². The molecule has 4 nitrogen and oxygen atoms in total. The standard InChI is InChI=1S/C11H19NO3/c1-7(8(2)10(14)15)9(13)12-6-11(3,4)5/h6H2,1-5H3,(H,12,13)(H,14,15). The lowest BCUT2D eigenvalue weighted by molar-refractivity contribution is -0.133. The van der Waals surface area contributed by atoms with E-state index in [0.29, 0.717) is 6.54 Å². The molecule has 0 aromatic heterocycles. The van der Waals surface area contributed by atoms with Gasteiger partial charge in [0.2, 0.25) is 5.91 Å². The molecule has 0 heterocycles. The molecule has 0 aliphatic heterocycles. The highest BCUT2D eigenvalue weighted by Gasteiger charge is 2.15. The predicted octanol–water partition coefficient (Wildman–Crippen LogP) is 1.57. The van der Waals surface area contributed by atoms with Crippen molar-refractivity contribution in [1.82, 2.24) is 5.32 Å². The maximum Gasteiger partial charge on any atom is 0.331 e. The molecule has 2 N–H and O–H groups in total. The van der Waals surface area contributed by atoms with Crippen molar-refractivity contribution >= 4 is 11.9 Å². The molecule has 0 aliphatic carbocycles. The van der Waals surface area contributed by atoms with E-state index in [2.05, 4.69) is 5.32 Å². The van der Waals surface area contributed by atoms with Crippen molar-refractivity contribution in [3.05, 3.63) is 11.1 Å². The van der Waals surface area contributed by atoms with Crippen LogP contribution in [-0.2, 0) is 9.59 Å². The molecule has 0 aromatic carbocycles. The summed E-state index contributed by atoms with van der Waals surface area (Å²) >= 11 is 0. The molecule has 0 saturated carbocycles. The zero-order chi connectivity index (χ0) is 12.2. The van der Waals surface area contributed by atoms with Crippen LogP contribution in [0.5, 0.6) is 0 Å². The van der Waals surface area contributed by atoms with E-state index < -0.39 is 5.97 Å². The average Bonchev–Trinajstić information content (AvgIpc) is 2.10. The number of carboxylic acid groups (broad SMARTS) is 1. The van der Waals surface area contributed by atoms with Gasteiger partial charge in [0.15, 0.2) is 0 Å². The molecule has 0 fully saturated rings. The first kappa shape index (κ1) is 13.7. The summed E-state index contributed by atoms with van der Waals surface area (Å²) in [6.07, 6.45) is 0. The molecule has 0 aliphatic rings. The van der Waals surface area contributed by atoms with E-state index in [1.165, 1.54) is 13.8 Å². The van der Waals surface area contributed by atoms with E-state index in [-0.39, 0.29) is 22.5 Å². The number of carboxylic acids is 1. The van der Waals surface area contributed by atoms with Gasteiger partial charge in [-0.25, -0.2) is 4.79 Å². The monoisotopic (exact) mass is 213 g/mol. The van der Waals surface area contributed by atoms with Crippen LogP contribution in [0.4, 0.5) is 0 Å². The molecule has 0 unspecified atom stereocenters. The topological polar surface area (TPSA) is 66.4 Å². The Bertz CT molecular complexity index is 297. The van der Waals surface area contributed by atoms with E-state index in [1.807, 2.05) is 20.8 Å². The second-order valence-corrected chi connectivity index (χ2v) is 4.80. The molecule has 0 bridgehead atoms. The van der Waals surface area contributed by atoms with Gasteiger partial charge in [-0.2, -0.15) is 0 Å². The molecule has 0 atom stereocenters. The average molecular weight is 213 g/mol. The lowest BCUT2D eigenvalue weighted by Crippen LogP contribution is -2.33. The SMILES string of the molecule is CC(C(=O)O)=C(C)C(=O)NCC(C)(C)C. The highest BCUT2D eigenvalue weighted by Crippen LogP contribution is 2.11. The van der Waals surface area contributed by atoms with E-state index in [1.54, 1.807) is 0 Å². The molecule has 4 heteroatoms. The minimum absolute atomic E-state index is 0.00688. The summed E-state index contributed by atoms with van der Waals surface area (Å²) < 4.78 is 0. The summed E-state index contributed by atoms with van der Waals surface area (Å²) in [6, 6.07) is 0. The van der Waals surface area contributed by atoms with Crippen LogP contribution in [0, 0.1) is 5.41 Å². The van der Waals surface area contributed by atoms with Crippen molar-refractivity contribution in [2.24, 2.45) is 5.41 Å². The second kappa shape index (κ2) is 4.96. The van der Waals surface area contributed by atoms with Crippen LogP contribution in [-0.4, -0.2) is 23.5 Å². The fraction of sp³-hybridized carbons (Fsp3) is 0.636. The Labute approximate surface area is 90.4 Å². The van der Waals surface area contributed by atoms with Gasteiger partial charge < -0.3 is 10.4 Å². The molecule has 0 spiro atoms. The lowest BCUT2D eigenvalue weighted by atomic mass is 9.97. The molecule has 15 heavy (non-hydrogen) atoms. The van der Waals surface area contributed by atoms with Crippen molar-refractivity contribution in [3.63, 3.8) is 0 Å². The molecule has 0 aromatic rings. The Kier molecular flexibility index (Phi) is 4.52. The van der Waals surface area contributed by atoms with Crippen molar-refractivity contribution < 1.29 is 14.7 Å².